The molecule has 198 valence electrons. The van der Waals surface area contributed by atoms with Crippen molar-refractivity contribution in [3.05, 3.63) is 104 Å². The number of nitrogens with zero attached hydrogens (tertiary/aromatic N) is 5. The summed E-state index contributed by atoms with van der Waals surface area (Å²) in [5.41, 5.74) is 3.32. The van der Waals surface area contributed by atoms with Gasteiger partial charge in [0.05, 0.1) is 11.4 Å². The zero-order valence-corrected chi connectivity index (χ0v) is 23.6. The van der Waals surface area contributed by atoms with Gasteiger partial charge in [-0.15, -0.1) is 0 Å². The Kier molecular flexibility index (Phi) is 7.98. The SMILES string of the molecule is Cc1c(C=C2SC(=S)N(Cc3ccccc3)C2=O)c(N2CCN(Cc3ccccc3)CC2)n(C)c(=O)c1C#N. The number of piperazine rings is 1. The number of hydrogen-bond donors (Lipinski definition) is 0. The number of carbonyl (C=O) groups excluding carboxylic acids is 1. The quantitative estimate of drug-likeness (QED) is 0.332. The largest absolute Gasteiger partial charge is 0.355 e. The van der Waals surface area contributed by atoms with Crippen molar-refractivity contribution in [3.63, 3.8) is 0 Å². The first kappa shape index (κ1) is 26.9. The molecule has 0 bridgehead atoms. The molecule has 3 aromatic rings. The van der Waals surface area contributed by atoms with Crippen molar-refractivity contribution in [1.29, 1.82) is 5.26 Å². The summed E-state index contributed by atoms with van der Waals surface area (Å²) < 4.78 is 2.05. The van der Waals surface area contributed by atoms with E-state index in [1.807, 2.05) is 42.5 Å². The monoisotopic (exact) mass is 555 g/mol. The van der Waals surface area contributed by atoms with Gasteiger partial charge in [-0.3, -0.25) is 24.0 Å². The first-order valence-corrected chi connectivity index (χ1v) is 14.0. The number of thiocarbonyl (C=S) groups is 1. The molecule has 39 heavy (non-hydrogen) atoms. The molecule has 0 aliphatic carbocycles. The van der Waals surface area contributed by atoms with Crippen LogP contribution >= 0.6 is 24.0 Å². The fourth-order valence-electron chi connectivity index (χ4n) is 5.09. The molecule has 1 aromatic heterocycles. The number of aromatic nitrogens is 1. The molecule has 2 aliphatic heterocycles. The summed E-state index contributed by atoms with van der Waals surface area (Å²) in [4.78, 5) is 33.3. The van der Waals surface area contributed by atoms with Crippen molar-refractivity contribution in [2.75, 3.05) is 31.1 Å². The van der Waals surface area contributed by atoms with Gasteiger partial charge in [-0.2, -0.15) is 5.26 Å². The number of carbonyl (C=O) groups is 1. The summed E-state index contributed by atoms with van der Waals surface area (Å²) in [5, 5.41) is 9.78. The van der Waals surface area contributed by atoms with Crippen LogP contribution in [-0.2, 0) is 24.9 Å². The van der Waals surface area contributed by atoms with E-state index in [-0.39, 0.29) is 17.0 Å². The third-order valence-corrected chi connectivity index (χ3v) is 8.60. The van der Waals surface area contributed by atoms with E-state index in [1.54, 1.807) is 23.4 Å². The van der Waals surface area contributed by atoms with Gasteiger partial charge in [-0.1, -0.05) is 84.6 Å². The summed E-state index contributed by atoms with van der Waals surface area (Å²) in [6.45, 7) is 6.17. The normalized spacial score (nSPS) is 17.2. The minimum atomic E-state index is -0.328. The molecule has 1 amide bonds. The van der Waals surface area contributed by atoms with Crippen LogP contribution in [0.3, 0.4) is 0 Å². The zero-order chi connectivity index (χ0) is 27.5. The number of pyridine rings is 1. The first-order chi connectivity index (χ1) is 18.9. The summed E-state index contributed by atoms with van der Waals surface area (Å²) in [6, 6.07) is 22.2. The number of hydrogen-bond acceptors (Lipinski definition) is 7. The fourth-order valence-corrected chi connectivity index (χ4v) is 6.32. The minimum Gasteiger partial charge on any atom is -0.355 e. The van der Waals surface area contributed by atoms with E-state index >= 15 is 0 Å². The highest BCUT2D eigenvalue weighted by Gasteiger charge is 2.33. The second-order valence-corrected chi connectivity index (χ2v) is 11.4. The Hall–Kier alpha value is -3.71. The number of thioether (sulfide) groups is 1. The minimum absolute atomic E-state index is 0.0926. The van der Waals surface area contributed by atoms with E-state index in [0.717, 1.165) is 44.1 Å². The van der Waals surface area contributed by atoms with Crippen LogP contribution in [-0.4, -0.2) is 50.8 Å². The molecule has 0 atom stereocenters. The van der Waals surface area contributed by atoms with Gasteiger partial charge in [0, 0.05) is 45.3 Å². The predicted molar refractivity (Wildman–Crippen MR) is 160 cm³/mol. The molecule has 0 unspecified atom stereocenters. The number of anilines is 1. The zero-order valence-electron chi connectivity index (χ0n) is 22.0. The summed E-state index contributed by atoms with van der Waals surface area (Å²) >= 11 is 6.82. The molecule has 3 heterocycles. The second kappa shape index (κ2) is 11.6. The molecular weight excluding hydrogens is 526 g/mol. The molecule has 0 spiro atoms. The van der Waals surface area contributed by atoms with E-state index in [9.17, 15) is 14.9 Å². The lowest BCUT2D eigenvalue weighted by Gasteiger charge is -2.37. The highest BCUT2D eigenvalue weighted by atomic mass is 32.2. The van der Waals surface area contributed by atoms with Crippen LogP contribution in [0.1, 0.15) is 27.8 Å². The van der Waals surface area contributed by atoms with Gasteiger partial charge in [0.15, 0.2) is 0 Å². The molecule has 0 saturated carbocycles. The molecule has 2 saturated heterocycles. The topological polar surface area (TPSA) is 72.6 Å². The summed E-state index contributed by atoms with van der Waals surface area (Å²) in [5.74, 6) is 0.559. The van der Waals surface area contributed by atoms with Crippen LogP contribution in [0.15, 0.2) is 70.4 Å². The van der Waals surface area contributed by atoms with Crippen LogP contribution in [0.25, 0.3) is 6.08 Å². The maximum atomic E-state index is 13.4. The Balaban J connectivity index is 1.45. The van der Waals surface area contributed by atoms with Gasteiger partial charge in [0.25, 0.3) is 11.5 Å². The molecular formula is C30H29N5O2S2. The van der Waals surface area contributed by atoms with Crippen LogP contribution in [0.5, 0.6) is 0 Å². The average Bonchev–Trinajstić information content (AvgIpc) is 3.21. The Morgan fingerprint density at radius 3 is 2.13 bits per heavy atom. The van der Waals surface area contributed by atoms with Crippen molar-refractivity contribution in [1.82, 2.24) is 14.4 Å². The third-order valence-electron chi connectivity index (χ3n) is 7.22. The molecule has 7 nitrogen and oxygen atoms in total. The number of nitriles is 1. The van der Waals surface area contributed by atoms with Crippen LogP contribution in [0, 0.1) is 18.3 Å². The summed E-state index contributed by atoms with van der Waals surface area (Å²) in [7, 11) is 1.70. The number of benzene rings is 2. The molecule has 2 aromatic carbocycles. The standard InChI is InChI=1S/C30H29N5O2S2/c1-21-24(17-26-29(37)35(30(38)39-26)20-23-11-7-4-8-12-23)27(32(2)28(36)25(21)18-31)34-15-13-33(14-16-34)19-22-9-5-3-6-10-22/h3-12,17H,13-16,19-20H2,1-2H3. The Morgan fingerprint density at radius 1 is 0.949 bits per heavy atom. The van der Waals surface area contributed by atoms with Gasteiger partial charge in [0.2, 0.25) is 0 Å². The average molecular weight is 556 g/mol. The van der Waals surface area contributed by atoms with Crippen LogP contribution in [0.2, 0.25) is 0 Å². The molecule has 2 aliphatic rings. The van der Waals surface area contributed by atoms with Crippen LogP contribution in [0.4, 0.5) is 5.82 Å². The maximum Gasteiger partial charge on any atom is 0.270 e. The van der Waals surface area contributed by atoms with Crippen molar-refractivity contribution in [3.8, 4) is 6.07 Å². The Bertz CT molecular complexity index is 1540. The fraction of sp³-hybridized carbons (Fsp3) is 0.267. The van der Waals surface area contributed by atoms with Gasteiger partial charge >= 0.3 is 0 Å². The van der Waals surface area contributed by atoms with E-state index in [1.165, 1.54) is 17.3 Å². The van der Waals surface area contributed by atoms with Crippen molar-refractivity contribution in [2.24, 2.45) is 7.05 Å². The van der Waals surface area contributed by atoms with Crippen molar-refractivity contribution in [2.45, 2.75) is 20.0 Å². The lowest BCUT2D eigenvalue weighted by Crippen LogP contribution is -2.48. The second-order valence-electron chi connectivity index (χ2n) is 9.72. The van der Waals surface area contributed by atoms with E-state index in [0.29, 0.717) is 26.9 Å². The Morgan fingerprint density at radius 2 is 1.54 bits per heavy atom. The molecule has 5 rings (SSSR count). The first-order valence-electron chi connectivity index (χ1n) is 12.8. The smallest absolute Gasteiger partial charge is 0.270 e. The lowest BCUT2D eigenvalue weighted by molar-refractivity contribution is -0.122. The number of rotatable bonds is 6. The van der Waals surface area contributed by atoms with Gasteiger partial charge in [-0.25, -0.2) is 0 Å². The van der Waals surface area contributed by atoms with E-state index < -0.39 is 0 Å². The molecule has 2 fully saturated rings. The predicted octanol–water partition coefficient (Wildman–Crippen LogP) is 4.29. The molecule has 0 radical (unpaired) electrons. The number of amides is 1. The molecule has 0 N–H and O–H groups in total. The van der Waals surface area contributed by atoms with Gasteiger partial charge in [0.1, 0.15) is 21.8 Å². The van der Waals surface area contributed by atoms with Gasteiger partial charge < -0.3 is 4.90 Å². The lowest BCUT2D eigenvalue weighted by atomic mass is 10.0. The van der Waals surface area contributed by atoms with Crippen LogP contribution < -0.4 is 10.5 Å². The van der Waals surface area contributed by atoms with E-state index in [2.05, 4.69) is 40.1 Å². The van der Waals surface area contributed by atoms with Gasteiger partial charge in [-0.05, 0) is 29.7 Å². The van der Waals surface area contributed by atoms with E-state index in [4.69, 9.17) is 12.2 Å². The Labute approximate surface area is 237 Å². The third kappa shape index (κ3) is 5.55. The highest BCUT2D eigenvalue weighted by Crippen LogP contribution is 2.36. The van der Waals surface area contributed by atoms with Crippen molar-refractivity contribution >= 4 is 46.1 Å². The molecule has 9 heteroatoms. The van der Waals surface area contributed by atoms with Crippen molar-refractivity contribution < 1.29 is 4.79 Å². The maximum absolute atomic E-state index is 13.4. The highest BCUT2D eigenvalue weighted by molar-refractivity contribution is 8.26. The summed E-state index contributed by atoms with van der Waals surface area (Å²) in [6.07, 6.45) is 1.81.